The smallest absolute Gasteiger partial charge is 0.152 e. The Bertz CT molecular complexity index is 464. The summed E-state index contributed by atoms with van der Waals surface area (Å²) in [6.07, 6.45) is 1.48. The third-order valence-corrected chi connectivity index (χ3v) is 1.45. The predicted molar refractivity (Wildman–Crippen MR) is 46.2 cm³/mol. The van der Waals surface area contributed by atoms with Crippen LogP contribution in [0.2, 0.25) is 0 Å². The average Bonchev–Trinajstić information content (AvgIpc) is 2.15. The van der Waals surface area contributed by atoms with E-state index in [-0.39, 0.29) is 0 Å². The molecule has 60 valence electrons. The molecule has 0 aliphatic rings. The van der Waals surface area contributed by atoms with Crippen LogP contribution in [0.25, 0.3) is 0 Å². The Morgan fingerprint density at radius 3 is 2.69 bits per heavy atom. The van der Waals surface area contributed by atoms with E-state index in [1.165, 1.54) is 6.20 Å². The van der Waals surface area contributed by atoms with Gasteiger partial charge in [-0.3, -0.25) is 0 Å². The van der Waals surface area contributed by atoms with E-state index in [0.717, 1.165) is 5.56 Å². The zero-order valence-electron chi connectivity index (χ0n) is 7.00. The van der Waals surface area contributed by atoms with E-state index in [1.807, 2.05) is 6.07 Å². The first kappa shape index (κ1) is 8.78. The van der Waals surface area contributed by atoms with Crippen LogP contribution in [0.1, 0.15) is 16.8 Å². The Morgan fingerprint density at radius 1 is 1.38 bits per heavy atom. The molecule has 0 N–H and O–H groups in total. The number of nitriles is 2. The highest BCUT2D eigenvalue weighted by molar-refractivity contribution is 5.41. The molecule has 0 aliphatic heterocycles. The van der Waals surface area contributed by atoms with Crippen LogP contribution in [-0.4, -0.2) is 4.98 Å². The van der Waals surface area contributed by atoms with Crippen LogP contribution in [0.5, 0.6) is 0 Å². The summed E-state index contributed by atoms with van der Waals surface area (Å²) in [5.74, 6) is 4.87. The summed E-state index contributed by atoms with van der Waals surface area (Å²) in [5.41, 5.74) is 1.81. The van der Waals surface area contributed by atoms with Gasteiger partial charge in [0.05, 0.1) is 0 Å². The van der Waals surface area contributed by atoms with E-state index in [1.54, 1.807) is 19.1 Å². The summed E-state index contributed by atoms with van der Waals surface area (Å²) in [6.45, 7) is 1.78. The molecule has 0 radical (unpaired) electrons. The molecule has 0 amide bonds. The molecule has 1 rings (SSSR count). The highest BCUT2D eigenvalue weighted by Crippen LogP contribution is 2.04. The first-order valence-electron chi connectivity index (χ1n) is 3.55. The highest BCUT2D eigenvalue weighted by atomic mass is 14.7. The van der Waals surface area contributed by atoms with E-state index in [2.05, 4.69) is 16.8 Å². The number of aromatic nitrogens is 1. The number of nitrogens with zero attached hydrogens (tertiary/aromatic N) is 3. The monoisotopic (exact) mass is 167 g/mol. The van der Waals surface area contributed by atoms with Gasteiger partial charge in [0.15, 0.2) is 6.07 Å². The Morgan fingerprint density at radius 2 is 2.15 bits per heavy atom. The largest absolute Gasteiger partial charge is 0.244 e. The van der Waals surface area contributed by atoms with Crippen LogP contribution >= 0.6 is 0 Å². The Labute approximate surface area is 76.3 Å². The predicted octanol–water partition coefficient (Wildman–Crippen LogP) is 1.14. The van der Waals surface area contributed by atoms with Crippen LogP contribution in [0.15, 0.2) is 12.3 Å². The number of rotatable bonds is 0. The van der Waals surface area contributed by atoms with Gasteiger partial charge in [-0.25, -0.2) is 4.98 Å². The summed E-state index contributed by atoms with van der Waals surface area (Å²) >= 11 is 0. The van der Waals surface area contributed by atoms with Gasteiger partial charge in [-0.1, -0.05) is 0 Å². The first-order chi connectivity index (χ1) is 6.27. The fourth-order valence-corrected chi connectivity index (χ4v) is 0.860. The van der Waals surface area contributed by atoms with Gasteiger partial charge in [0.2, 0.25) is 0 Å². The van der Waals surface area contributed by atoms with Crippen LogP contribution in [0, 0.1) is 41.4 Å². The Hall–Kier alpha value is -2.31. The van der Waals surface area contributed by atoms with E-state index in [9.17, 15) is 0 Å². The van der Waals surface area contributed by atoms with Gasteiger partial charge in [-0.05, 0) is 24.5 Å². The quantitative estimate of drug-likeness (QED) is 0.544. The third kappa shape index (κ3) is 2.06. The second kappa shape index (κ2) is 3.90. The van der Waals surface area contributed by atoms with Crippen molar-refractivity contribution in [1.82, 2.24) is 4.98 Å². The van der Waals surface area contributed by atoms with Gasteiger partial charge >= 0.3 is 0 Å². The van der Waals surface area contributed by atoms with E-state index >= 15 is 0 Å². The van der Waals surface area contributed by atoms with Gasteiger partial charge in [0.25, 0.3) is 0 Å². The molecular formula is C10H5N3. The molecule has 0 spiro atoms. The van der Waals surface area contributed by atoms with E-state index in [4.69, 9.17) is 10.5 Å². The van der Waals surface area contributed by atoms with Crippen molar-refractivity contribution in [3.63, 3.8) is 0 Å². The van der Waals surface area contributed by atoms with Crippen LogP contribution < -0.4 is 0 Å². The van der Waals surface area contributed by atoms with Gasteiger partial charge in [0, 0.05) is 17.7 Å². The summed E-state index contributed by atoms with van der Waals surface area (Å²) < 4.78 is 0. The normalized spacial score (nSPS) is 7.62. The topological polar surface area (TPSA) is 60.5 Å². The second-order valence-corrected chi connectivity index (χ2v) is 2.36. The molecule has 1 aromatic rings. The molecule has 0 atom stereocenters. The van der Waals surface area contributed by atoms with Crippen molar-refractivity contribution in [3.05, 3.63) is 29.1 Å². The minimum absolute atomic E-state index is 0.391. The van der Waals surface area contributed by atoms with Gasteiger partial charge < -0.3 is 0 Å². The molecule has 3 nitrogen and oxygen atoms in total. The maximum absolute atomic E-state index is 8.58. The molecule has 0 fully saturated rings. The van der Waals surface area contributed by atoms with Crippen LogP contribution in [-0.2, 0) is 0 Å². The minimum Gasteiger partial charge on any atom is -0.244 e. The van der Waals surface area contributed by atoms with Crippen molar-refractivity contribution in [2.24, 2.45) is 0 Å². The van der Waals surface area contributed by atoms with E-state index < -0.39 is 0 Å². The van der Waals surface area contributed by atoms with Crippen molar-refractivity contribution in [2.45, 2.75) is 6.92 Å². The van der Waals surface area contributed by atoms with Crippen molar-refractivity contribution >= 4 is 0 Å². The molecule has 0 bridgehead atoms. The van der Waals surface area contributed by atoms with E-state index in [0.29, 0.717) is 11.3 Å². The molecule has 0 saturated carbocycles. The van der Waals surface area contributed by atoms with Crippen molar-refractivity contribution in [3.8, 4) is 24.0 Å². The first-order valence-corrected chi connectivity index (χ1v) is 3.55. The summed E-state index contributed by atoms with van der Waals surface area (Å²) in [4.78, 5) is 3.88. The molecule has 0 aliphatic carbocycles. The zero-order valence-corrected chi connectivity index (χ0v) is 7.00. The lowest BCUT2D eigenvalue weighted by atomic mass is 10.1. The van der Waals surface area contributed by atoms with Crippen LogP contribution in [0.3, 0.4) is 0 Å². The number of hydrogen-bond acceptors (Lipinski definition) is 3. The zero-order chi connectivity index (χ0) is 9.68. The third-order valence-electron chi connectivity index (χ3n) is 1.45. The highest BCUT2D eigenvalue weighted by Gasteiger charge is 1.97. The molecular weight excluding hydrogens is 162 g/mol. The molecule has 1 aromatic heterocycles. The fourth-order valence-electron chi connectivity index (χ4n) is 0.860. The van der Waals surface area contributed by atoms with Crippen LogP contribution in [0.4, 0.5) is 0 Å². The van der Waals surface area contributed by atoms with Gasteiger partial charge in [-0.2, -0.15) is 10.5 Å². The number of aryl methyl sites for hydroxylation is 1. The lowest BCUT2D eigenvalue weighted by Gasteiger charge is -1.94. The number of hydrogen-bond donors (Lipinski definition) is 0. The average molecular weight is 167 g/mol. The molecule has 0 unspecified atom stereocenters. The lowest BCUT2D eigenvalue weighted by Crippen LogP contribution is -1.88. The SMILES string of the molecule is Cc1cc(C#CC#N)cnc1C#N. The molecule has 0 aromatic carbocycles. The Kier molecular flexibility index (Phi) is 2.64. The Balaban J connectivity index is 3.13. The van der Waals surface area contributed by atoms with Crippen molar-refractivity contribution < 1.29 is 0 Å². The van der Waals surface area contributed by atoms with Crippen molar-refractivity contribution in [1.29, 1.82) is 10.5 Å². The number of pyridine rings is 1. The summed E-state index contributed by atoms with van der Waals surface area (Å²) in [5, 5.41) is 16.8. The molecule has 1 heterocycles. The maximum atomic E-state index is 8.58. The van der Waals surface area contributed by atoms with Crippen molar-refractivity contribution in [2.75, 3.05) is 0 Å². The maximum Gasteiger partial charge on any atom is 0.152 e. The molecule has 0 saturated heterocycles. The standard InChI is InChI=1S/C10H5N3/c1-8-5-9(3-2-4-11)7-13-10(8)6-12/h5,7H,1H3. The lowest BCUT2D eigenvalue weighted by molar-refractivity contribution is 1.20. The fraction of sp³-hybridized carbons (Fsp3) is 0.100. The molecule has 13 heavy (non-hydrogen) atoms. The molecule has 3 heteroatoms. The minimum atomic E-state index is 0.391. The second-order valence-electron chi connectivity index (χ2n) is 2.36. The van der Waals surface area contributed by atoms with Gasteiger partial charge in [-0.15, -0.1) is 0 Å². The summed E-state index contributed by atoms with van der Waals surface area (Å²) in [6, 6.07) is 5.40. The van der Waals surface area contributed by atoms with Gasteiger partial charge in [0.1, 0.15) is 11.8 Å². The summed E-state index contributed by atoms with van der Waals surface area (Å²) in [7, 11) is 0.